The lowest BCUT2D eigenvalue weighted by atomic mass is 9.57. The molecule has 0 heterocycles. The second-order valence-corrected chi connectivity index (χ2v) is 5.39. The Hall–Kier alpha value is -1.12. The molecule has 0 radical (unpaired) electrons. The average Bonchev–Trinajstić information content (AvgIpc) is 2.34. The van der Waals surface area contributed by atoms with Crippen molar-refractivity contribution in [1.29, 1.82) is 0 Å². The van der Waals surface area contributed by atoms with Crippen molar-refractivity contribution < 1.29 is 14.3 Å². The Labute approximate surface area is 109 Å². The topological polar surface area (TPSA) is 43.4 Å². The summed E-state index contributed by atoms with van der Waals surface area (Å²) in [7, 11) is 0. The molecular formula is C15H22O3. The number of rotatable bonds is 3. The van der Waals surface area contributed by atoms with Crippen LogP contribution >= 0.6 is 0 Å². The standard InChI is InChI=1S/C15H22O3/c1-3-6-11-8-10-15(14(17)18-4-2)9-5-7-12(11)13(15)16/h3,6,11-12H,4-5,7-10H2,1-2H3/b6-3+/t11-,12-,15-/m1/s1. The van der Waals surface area contributed by atoms with E-state index in [9.17, 15) is 9.59 Å². The summed E-state index contributed by atoms with van der Waals surface area (Å²) in [5, 5.41) is 0. The van der Waals surface area contributed by atoms with E-state index >= 15 is 0 Å². The molecule has 3 nitrogen and oxygen atoms in total. The first-order valence-electron chi connectivity index (χ1n) is 7.00. The second kappa shape index (κ2) is 5.25. The van der Waals surface area contributed by atoms with Crippen LogP contribution in [0, 0.1) is 17.3 Å². The fraction of sp³-hybridized carbons (Fsp3) is 0.733. The van der Waals surface area contributed by atoms with Crippen LogP contribution in [0.2, 0.25) is 0 Å². The van der Waals surface area contributed by atoms with Crippen molar-refractivity contribution in [1.82, 2.24) is 0 Å². The highest BCUT2D eigenvalue weighted by Crippen LogP contribution is 2.49. The van der Waals surface area contributed by atoms with E-state index < -0.39 is 5.41 Å². The van der Waals surface area contributed by atoms with Gasteiger partial charge in [0.25, 0.3) is 0 Å². The monoisotopic (exact) mass is 250 g/mol. The molecule has 3 atom stereocenters. The molecule has 0 aliphatic heterocycles. The van der Waals surface area contributed by atoms with Gasteiger partial charge in [-0.1, -0.05) is 18.6 Å². The summed E-state index contributed by atoms with van der Waals surface area (Å²) in [6, 6.07) is 0. The van der Waals surface area contributed by atoms with Gasteiger partial charge in [-0.3, -0.25) is 9.59 Å². The minimum Gasteiger partial charge on any atom is -0.465 e. The Balaban J connectivity index is 2.24. The first-order chi connectivity index (χ1) is 8.65. The maximum atomic E-state index is 12.6. The number of allylic oxidation sites excluding steroid dienone is 2. The maximum Gasteiger partial charge on any atom is 0.319 e. The van der Waals surface area contributed by atoms with Gasteiger partial charge in [-0.2, -0.15) is 0 Å². The van der Waals surface area contributed by atoms with Crippen molar-refractivity contribution in [3.05, 3.63) is 12.2 Å². The number of carbonyl (C=O) groups is 2. The minimum atomic E-state index is -0.809. The van der Waals surface area contributed by atoms with E-state index in [1.807, 2.05) is 13.0 Å². The summed E-state index contributed by atoms with van der Waals surface area (Å²) >= 11 is 0. The van der Waals surface area contributed by atoms with Gasteiger partial charge in [0.1, 0.15) is 5.41 Å². The average molecular weight is 250 g/mol. The van der Waals surface area contributed by atoms with E-state index in [2.05, 4.69) is 6.08 Å². The normalized spacial score (nSPS) is 35.8. The molecule has 18 heavy (non-hydrogen) atoms. The summed E-state index contributed by atoms with van der Waals surface area (Å²) in [4.78, 5) is 24.7. The molecule has 0 amide bonds. The lowest BCUT2D eigenvalue weighted by Gasteiger charge is -2.44. The molecule has 0 unspecified atom stereocenters. The van der Waals surface area contributed by atoms with Crippen LogP contribution in [-0.4, -0.2) is 18.4 Å². The first-order valence-corrected chi connectivity index (χ1v) is 7.00. The van der Waals surface area contributed by atoms with Gasteiger partial charge in [-0.05, 0) is 45.4 Å². The van der Waals surface area contributed by atoms with E-state index in [0.29, 0.717) is 25.4 Å². The summed E-state index contributed by atoms with van der Waals surface area (Å²) < 4.78 is 5.15. The zero-order valence-corrected chi connectivity index (χ0v) is 11.3. The highest BCUT2D eigenvalue weighted by atomic mass is 16.5. The molecule has 0 aromatic heterocycles. The number of carbonyl (C=O) groups excluding carboxylic acids is 2. The van der Waals surface area contributed by atoms with Crippen LogP contribution in [0.3, 0.4) is 0 Å². The third kappa shape index (κ3) is 2.00. The second-order valence-electron chi connectivity index (χ2n) is 5.39. The summed E-state index contributed by atoms with van der Waals surface area (Å²) in [5.41, 5.74) is -0.809. The number of fused-ring (bicyclic) bond motifs is 2. The van der Waals surface area contributed by atoms with Crippen molar-refractivity contribution in [3.63, 3.8) is 0 Å². The summed E-state index contributed by atoms with van der Waals surface area (Å²) in [5.74, 6) is 0.221. The molecule has 2 aliphatic rings. The van der Waals surface area contributed by atoms with Crippen LogP contribution in [0.1, 0.15) is 46.0 Å². The number of hydrogen-bond acceptors (Lipinski definition) is 3. The summed E-state index contributed by atoms with van der Waals surface area (Å²) in [6.07, 6.45) is 8.31. The molecule has 2 aliphatic carbocycles. The number of hydrogen-bond donors (Lipinski definition) is 0. The van der Waals surface area contributed by atoms with Crippen molar-refractivity contribution in [3.8, 4) is 0 Å². The third-order valence-corrected chi connectivity index (χ3v) is 4.45. The van der Waals surface area contributed by atoms with Crippen molar-refractivity contribution in [2.24, 2.45) is 17.3 Å². The third-order valence-electron chi connectivity index (χ3n) is 4.45. The lowest BCUT2D eigenvalue weighted by Crippen LogP contribution is -2.51. The molecule has 2 rings (SSSR count). The molecule has 0 spiro atoms. The maximum absolute atomic E-state index is 12.6. The molecule has 100 valence electrons. The fourth-order valence-electron chi connectivity index (χ4n) is 3.56. The van der Waals surface area contributed by atoms with E-state index in [0.717, 1.165) is 19.3 Å². The van der Waals surface area contributed by atoms with Crippen molar-refractivity contribution >= 4 is 11.8 Å². The van der Waals surface area contributed by atoms with Gasteiger partial charge in [0.2, 0.25) is 0 Å². The van der Waals surface area contributed by atoms with E-state index in [1.165, 1.54) is 0 Å². The van der Waals surface area contributed by atoms with Gasteiger partial charge in [0.05, 0.1) is 6.61 Å². The van der Waals surface area contributed by atoms with Gasteiger partial charge in [-0.25, -0.2) is 0 Å². The van der Waals surface area contributed by atoms with Crippen LogP contribution in [-0.2, 0) is 14.3 Å². The SMILES string of the molecule is C/C=C/[C@@H]1CC[C@]2(C(=O)OCC)CCC[C@H]1C2=O. The minimum absolute atomic E-state index is 0.0353. The highest BCUT2D eigenvalue weighted by molar-refractivity contribution is 6.06. The summed E-state index contributed by atoms with van der Waals surface area (Å²) in [6.45, 7) is 4.14. The van der Waals surface area contributed by atoms with Crippen molar-refractivity contribution in [2.75, 3.05) is 6.61 Å². The lowest BCUT2D eigenvalue weighted by molar-refractivity contribution is -0.168. The molecule has 0 aromatic rings. The molecule has 0 saturated heterocycles. The Morgan fingerprint density at radius 3 is 2.89 bits per heavy atom. The fourth-order valence-corrected chi connectivity index (χ4v) is 3.56. The highest BCUT2D eigenvalue weighted by Gasteiger charge is 2.55. The van der Waals surface area contributed by atoms with E-state index in [-0.39, 0.29) is 17.7 Å². The Morgan fingerprint density at radius 1 is 1.44 bits per heavy atom. The zero-order valence-electron chi connectivity index (χ0n) is 11.3. The van der Waals surface area contributed by atoms with Crippen LogP contribution < -0.4 is 0 Å². The zero-order chi connectivity index (χ0) is 13.2. The van der Waals surface area contributed by atoms with Gasteiger partial charge in [0.15, 0.2) is 5.78 Å². The van der Waals surface area contributed by atoms with E-state index in [1.54, 1.807) is 6.92 Å². The van der Waals surface area contributed by atoms with Gasteiger partial charge in [-0.15, -0.1) is 0 Å². The van der Waals surface area contributed by atoms with Crippen molar-refractivity contribution in [2.45, 2.75) is 46.0 Å². The molecule has 2 bridgehead atoms. The molecule has 2 fully saturated rings. The predicted octanol–water partition coefficient (Wildman–Crippen LogP) is 2.89. The predicted molar refractivity (Wildman–Crippen MR) is 69.0 cm³/mol. The van der Waals surface area contributed by atoms with Gasteiger partial charge >= 0.3 is 5.97 Å². The Kier molecular flexibility index (Phi) is 3.88. The molecule has 0 N–H and O–H groups in total. The van der Waals surface area contributed by atoms with Crippen LogP contribution in [0.25, 0.3) is 0 Å². The molecular weight excluding hydrogens is 228 g/mol. The largest absolute Gasteiger partial charge is 0.465 e. The number of Topliss-reactive ketones (excluding diaryl/α,β-unsaturated/α-hetero) is 1. The molecule has 3 heteroatoms. The quantitative estimate of drug-likeness (QED) is 0.439. The number of esters is 1. The Morgan fingerprint density at radius 2 is 2.22 bits per heavy atom. The molecule has 0 aromatic carbocycles. The van der Waals surface area contributed by atoms with E-state index in [4.69, 9.17) is 4.74 Å². The first kappa shape index (κ1) is 13.3. The van der Waals surface area contributed by atoms with Crippen LogP contribution in [0.15, 0.2) is 12.2 Å². The van der Waals surface area contributed by atoms with Gasteiger partial charge in [0, 0.05) is 5.92 Å². The van der Waals surface area contributed by atoms with Crippen LogP contribution in [0.5, 0.6) is 0 Å². The molecule has 2 saturated carbocycles. The number of ether oxygens (including phenoxy) is 1. The number of ketones is 1. The Bertz CT molecular complexity index is 372. The van der Waals surface area contributed by atoms with Crippen LogP contribution in [0.4, 0.5) is 0 Å². The van der Waals surface area contributed by atoms with Gasteiger partial charge < -0.3 is 4.74 Å². The smallest absolute Gasteiger partial charge is 0.319 e.